The maximum atomic E-state index is 12.6. The molecule has 1 aromatic heterocycles. The van der Waals surface area contributed by atoms with Crippen molar-refractivity contribution in [3.63, 3.8) is 0 Å². The van der Waals surface area contributed by atoms with Crippen LogP contribution in [0, 0.1) is 18.3 Å². The lowest BCUT2D eigenvalue weighted by Gasteiger charge is -2.09. The van der Waals surface area contributed by atoms with E-state index in [1.54, 1.807) is 6.07 Å². The minimum atomic E-state index is -2.89. The summed E-state index contributed by atoms with van der Waals surface area (Å²) in [7, 11) is 0. The molecule has 1 aromatic rings. The van der Waals surface area contributed by atoms with Crippen molar-refractivity contribution < 1.29 is 18.7 Å². The number of rotatable bonds is 3. The average molecular weight is 226 g/mol. The van der Waals surface area contributed by atoms with E-state index in [9.17, 15) is 13.6 Å². The standard InChI is InChI=1S/C10H8F2N2O2/c1-5-4-14-9(10(11)12)6(2-8(15)16)7(5)3-13/h4,10H,2H2,1H3,(H,15,16). The summed E-state index contributed by atoms with van der Waals surface area (Å²) in [6.07, 6.45) is -2.37. The fraction of sp³-hybridized carbons (Fsp3) is 0.300. The van der Waals surface area contributed by atoms with E-state index in [1.165, 1.54) is 6.92 Å². The highest BCUT2D eigenvalue weighted by Gasteiger charge is 2.21. The van der Waals surface area contributed by atoms with E-state index in [2.05, 4.69) is 4.98 Å². The van der Waals surface area contributed by atoms with Crippen molar-refractivity contribution in [2.45, 2.75) is 19.8 Å². The number of halogens is 2. The molecule has 16 heavy (non-hydrogen) atoms. The number of nitriles is 1. The fourth-order valence-electron chi connectivity index (χ4n) is 1.35. The Hall–Kier alpha value is -2.03. The molecular formula is C10H8F2N2O2. The average Bonchev–Trinajstić information content (AvgIpc) is 2.16. The van der Waals surface area contributed by atoms with E-state index >= 15 is 0 Å². The summed E-state index contributed by atoms with van der Waals surface area (Å²) >= 11 is 0. The van der Waals surface area contributed by atoms with Gasteiger partial charge in [0.2, 0.25) is 0 Å². The molecule has 6 heteroatoms. The van der Waals surface area contributed by atoms with Crippen LogP contribution in [0.15, 0.2) is 6.20 Å². The molecule has 0 aliphatic rings. The van der Waals surface area contributed by atoms with E-state index in [0.29, 0.717) is 5.56 Å². The number of hydrogen-bond donors (Lipinski definition) is 1. The van der Waals surface area contributed by atoms with Crippen LogP contribution in [0.3, 0.4) is 0 Å². The van der Waals surface area contributed by atoms with E-state index in [-0.39, 0.29) is 11.1 Å². The highest BCUT2D eigenvalue weighted by molar-refractivity contribution is 5.72. The number of pyridine rings is 1. The van der Waals surface area contributed by atoms with Gasteiger partial charge in [-0.2, -0.15) is 5.26 Å². The number of aliphatic carboxylic acids is 1. The lowest BCUT2D eigenvalue weighted by molar-refractivity contribution is -0.136. The number of carboxylic acid groups (broad SMARTS) is 1. The second kappa shape index (κ2) is 4.66. The van der Waals surface area contributed by atoms with E-state index in [1.807, 2.05) is 0 Å². The zero-order chi connectivity index (χ0) is 12.3. The van der Waals surface area contributed by atoms with Gasteiger partial charge in [-0.3, -0.25) is 9.78 Å². The molecule has 1 heterocycles. The van der Waals surface area contributed by atoms with Crippen LogP contribution in [0.5, 0.6) is 0 Å². The van der Waals surface area contributed by atoms with E-state index in [4.69, 9.17) is 10.4 Å². The number of aromatic nitrogens is 1. The Morgan fingerprint density at radius 1 is 1.69 bits per heavy atom. The zero-order valence-corrected chi connectivity index (χ0v) is 8.37. The molecule has 0 saturated heterocycles. The molecule has 0 aliphatic carbocycles. The first-order valence-corrected chi connectivity index (χ1v) is 4.35. The molecule has 0 aromatic carbocycles. The lowest BCUT2D eigenvalue weighted by atomic mass is 10.0. The van der Waals surface area contributed by atoms with E-state index < -0.39 is 24.5 Å². The van der Waals surface area contributed by atoms with Gasteiger partial charge in [0.25, 0.3) is 6.43 Å². The quantitative estimate of drug-likeness (QED) is 0.853. The smallest absolute Gasteiger partial charge is 0.307 e. The Balaban J connectivity index is 3.42. The third-order valence-corrected chi connectivity index (χ3v) is 2.05. The van der Waals surface area contributed by atoms with Crippen LogP contribution in [0.4, 0.5) is 8.78 Å². The molecule has 0 bridgehead atoms. The summed E-state index contributed by atoms with van der Waals surface area (Å²) in [5, 5.41) is 17.4. The largest absolute Gasteiger partial charge is 0.481 e. The number of nitrogens with zero attached hydrogens (tertiary/aromatic N) is 2. The van der Waals surface area contributed by atoms with Crippen LogP contribution >= 0.6 is 0 Å². The van der Waals surface area contributed by atoms with Crippen LogP contribution in [0.1, 0.15) is 28.8 Å². The van der Waals surface area contributed by atoms with Gasteiger partial charge in [0.15, 0.2) is 0 Å². The van der Waals surface area contributed by atoms with Gasteiger partial charge in [-0.05, 0) is 12.5 Å². The first kappa shape index (κ1) is 12.0. The second-order valence-electron chi connectivity index (χ2n) is 3.16. The Bertz CT molecular complexity index is 467. The van der Waals surface area contributed by atoms with Gasteiger partial charge in [-0.25, -0.2) is 8.78 Å². The summed E-state index contributed by atoms with van der Waals surface area (Å²) in [5.41, 5.74) is -0.481. The Kier molecular flexibility index (Phi) is 3.51. The topological polar surface area (TPSA) is 74.0 Å². The van der Waals surface area contributed by atoms with Gasteiger partial charge < -0.3 is 5.11 Å². The molecule has 0 amide bonds. The summed E-state index contributed by atoms with van der Waals surface area (Å²) < 4.78 is 25.1. The van der Waals surface area contributed by atoms with Crippen molar-refractivity contribution in [3.8, 4) is 6.07 Å². The highest BCUT2D eigenvalue weighted by atomic mass is 19.3. The molecule has 1 N–H and O–H groups in total. The first-order chi connectivity index (χ1) is 7.47. The van der Waals surface area contributed by atoms with Crippen LogP contribution in [0.25, 0.3) is 0 Å². The molecule has 0 saturated carbocycles. The zero-order valence-electron chi connectivity index (χ0n) is 8.37. The predicted molar refractivity (Wildman–Crippen MR) is 50.0 cm³/mol. The maximum absolute atomic E-state index is 12.6. The molecule has 0 atom stereocenters. The van der Waals surface area contributed by atoms with Crippen LogP contribution in [0.2, 0.25) is 0 Å². The molecule has 1 rings (SSSR count). The van der Waals surface area contributed by atoms with Gasteiger partial charge in [-0.1, -0.05) is 0 Å². The number of hydrogen-bond acceptors (Lipinski definition) is 3. The Morgan fingerprint density at radius 2 is 2.31 bits per heavy atom. The van der Waals surface area contributed by atoms with Crippen LogP contribution < -0.4 is 0 Å². The number of carboxylic acids is 1. The SMILES string of the molecule is Cc1cnc(C(F)F)c(CC(=O)O)c1C#N. The maximum Gasteiger partial charge on any atom is 0.307 e. The molecule has 0 spiro atoms. The molecule has 0 radical (unpaired) electrons. The lowest BCUT2D eigenvalue weighted by Crippen LogP contribution is -2.09. The molecule has 0 unspecified atom stereocenters. The van der Waals surface area contributed by atoms with Crippen molar-refractivity contribution in [1.29, 1.82) is 5.26 Å². The Labute approximate surface area is 90.2 Å². The molecular weight excluding hydrogens is 218 g/mol. The highest BCUT2D eigenvalue weighted by Crippen LogP contribution is 2.25. The van der Waals surface area contributed by atoms with Crippen molar-refractivity contribution in [1.82, 2.24) is 4.98 Å². The Morgan fingerprint density at radius 3 is 2.75 bits per heavy atom. The van der Waals surface area contributed by atoms with Crippen molar-refractivity contribution in [2.75, 3.05) is 0 Å². The second-order valence-corrected chi connectivity index (χ2v) is 3.16. The van der Waals surface area contributed by atoms with E-state index in [0.717, 1.165) is 6.20 Å². The van der Waals surface area contributed by atoms with Gasteiger partial charge in [-0.15, -0.1) is 0 Å². The van der Waals surface area contributed by atoms with Gasteiger partial charge >= 0.3 is 5.97 Å². The fourth-order valence-corrected chi connectivity index (χ4v) is 1.35. The molecule has 4 nitrogen and oxygen atoms in total. The van der Waals surface area contributed by atoms with Crippen molar-refractivity contribution in [2.24, 2.45) is 0 Å². The minimum Gasteiger partial charge on any atom is -0.481 e. The third kappa shape index (κ3) is 2.31. The normalized spacial score (nSPS) is 10.2. The molecule has 84 valence electrons. The number of alkyl halides is 2. The minimum absolute atomic E-state index is 0.0345. The molecule has 0 fully saturated rings. The van der Waals surface area contributed by atoms with Crippen molar-refractivity contribution >= 4 is 5.97 Å². The van der Waals surface area contributed by atoms with Gasteiger partial charge in [0.05, 0.1) is 18.1 Å². The van der Waals surface area contributed by atoms with Gasteiger partial charge in [0.1, 0.15) is 5.69 Å². The van der Waals surface area contributed by atoms with Gasteiger partial charge in [0, 0.05) is 11.8 Å². The monoisotopic (exact) mass is 226 g/mol. The van der Waals surface area contributed by atoms with Crippen LogP contribution in [-0.4, -0.2) is 16.1 Å². The van der Waals surface area contributed by atoms with Crippen LogP contribution in [-0.2, 0) is 11.2 Å². The number of aryl methyl sites for hydroxylation is 1. The first-order valence-electron chi connectivity index (χ1n) is 4.35. The van der Waals surface area contributed by atoms with Crippen molar-refractivity contribution in [3.05, 3.63) is 28.6 Å². The summed E-state index contributed by atoms with van der Waals surface area (Å²) in [4.78, 5) is 14.0. The summed E-state index contributed by atoms with van der Waals surface area (Å²) in [6, 6.07) is 1.73. The number of carbonyl (C=O) groups is 1. The third-order valence-electron chi connectivity index (χ3n) is 2.05. The molecule has 0 aliphatic heterocycles. The summed E-state index contributed by atoms with van der Waals surface area (Å²) in [6.45, 7) is 1.52. The summed E-state index contributed by atoms with van der Waals surface area (Å²) in [5.74, 6) is -1.27. The predicted octanol–water partition coefficient (Wildman–Crippen LogP) is 1.83.